The van der Waals surface area contributed by atoms with E-state index >= 15 is 0 Å². The van der Waals surface area contributed by atoms with Crippen LogP contribution in [0.4, 0.5) is 0 Å². The highest BCUT2D eigenvalue weighted by molar-refractivity contribution is 6.42. The summed E-state index contributed by atoms with van der Waals surface area (Å²) in [6, 6.07) is 14.7. The van der Waals surface area contributed by atoms with E-state index in [-0.39, 0.29) is 0 Å². The van der Waals surface area contributed by atoms with Gasteiger partial charge < -0.3 is 4.84 Å². The monoisotopic (exact) mass is 373 g/mol. The third-order valence-electron chi connectivity index (χ3n) is 4.01. The summed E-state index contributed by atoms with van der Waals surface area (Å²) in [5.74, 6) is -0.546. The summed E-state index contributed by atoms with van der Waals surface area (Å²) in [6.07, 6.45) is 5.98. The van der Waals surface area contributed by atoms with Crippen LogP contribution < -0.4 is 0 Å². The molecule has 1 fully saturated rings. The molecule has 2 aromatic rings. The minimum atomic E-state index is -0.546. The highest BCUT2D eigenvalue weighted by atomic mass is 35.5. The Morgan fingerprint density at radius 2 is 1.76 bits per heavy atom. The van der Waals surface area contributed by atoms with Gasteiger partial charge in [-0.2, -0.15) is 0 Å². The van der Waals surface area contributed by atoms with Crippen molar-refractivity contribution in [2.45, 2.75) is 25.7 Å². The van der Waals surface area contributed by atoms with Crippen LogP contribution in [0.5, 0.6) is 0 Å². The maximum Gasteiger partial charge on any atom is 0.365 e. The lowest BCUT2D eigenvalue weighted by Crippen LogP contribution is -2.11. The molecular formula is C20H17Cl2NO2. The van der Waals surface area contributed by atoms with E-state index in [0.29, 0.717) is 15.6 Å². The molecule has 128 valence electrons. The molecule has 25 heavy (non-hydrogen) atoms. The van der Waals surface area contributed by atoms with Crippen LogP contribution in [0.3, 0.4) is 0 Å². The standard InChI is InChI=1S/C20H17Cl2NO2/c21-17-11-10-16(13-18(17)22)20(24)25-23-19-9-5-4-8-15(19)12-14-6-2-1-3-7-14/h1-3,6-7,10-13H,4-5,8-9H2/b15-12+,23-19-. The minimum Gasteiger partial charge on any atom is -0.313 e. The summed E-state index contributed by atoms with van der Waals surface area (Å²) in [5.41, 5.74) is 3.37. The summed E-state index contributed by atoms with van der Waals surface area (Å²) in [5, 5.41) is 4.82. The Hall–Kier alpha value is -2.10. The van der Waals surface area contributed by atoms with E-state index in [0.717, 1.165) is 42.5 Å². The predicted molar refractivity (Wildman–Crippen MR) is 102 cm³/mol. The van der Waals surface area contributed by atoms with Gasteiger partial charge in [-0.15, -0.1) is 0 Å². The molecule has 0 saturated heterocycles. The van der Waals surface area contributed by atoms with Crippen LogP contribution in [0.2, 0.25) is 10.0 Å². The molecule has 0 radical (unpaired) electrons. The van der Waals surface area contributed by atoms with E-state index in [1.165, 1.54) is 6.07 Å². The number of halogens is 2. The average Bonchev–Trinajstić information content (AvgIpc) is 2.64. The van der Waals surface area contributed by atoms with Crippen LogP contribution >= 0.6 is 23.2 Å². The van der Waals surface area contributed by atoms with Crippen LogP contribution in [0, 0.1) is 0 Å². The van der Waals surface area contributed by atoms with Gasteiger partial charge in [0, 0.05) is 0 Å². The fourth-order valence-corrected chi connectivity index (χ4v) is 2.99. The summed E-state index contributed by atoms with van der Waals surface area (Å²) in [6.45, 7) is 0. The van der Waals surface area contributed by atoms with E-state index in [1.807, 2.05) is 30.3 Å². The lowest BCUT2D eigenvalue weighted by atomic mass is 9.91. The molecule has 0 amide bonds. The van der Waals surface area contributed by atoms with Crippen LogP contribution in [-0.4, -0.2) is 11.7 Å². The molecule has 2 aromatic carbocycles. The number of nitrogens with zero attached hydrogens (tertiary/aromatic N) is 1. The fourth-order valence-electron chi connectivity index (χ4n) is 2.70. The quantitative estimate of drug-likeness (QED) is 0.476. The molecule has 0 atom stereocenters. The van der Waals surface area contributed by atoms with E-state index < -0.39 is 5.97 Å². The Balaban J connectivity index is 1.77. The highest BCUT2D eigenvalue weighted by Crippen LogP contribution is 2.25. The Morgan fingerprint density at radius 3 is 2.52 bits per heavy atom. The van der Waals surface area contributed by atoms with Crippen molar-refractivity contribution in [3.05, 3.63) is 75.3 Å². The molecule has 3 rings (SSSR count). The van der Waals surface area contributed by atoms with Crippen LogP contribution in [0.1, 0.15) is 41.6 Å². The van der Waals surface area contributed by atoms with Gasteiger partial charge in [0.1, 0.15) is 0 Å². The summed E-state index contributed by atoms with van der Waals surface area (Å²) < 4.78 is 0. The fraction of sp³-hybridized carbons (Fsp3) is 0.200. The van der Waals surface area contributed by atoms with E-state index in [2.05, 4.69) is 11.2 Å². The first-order valence-electron chi connectivity index (χ1n) is 8.13. The molecule has 0 N–H and O–H groups in total. The molecule has 1 aliphatic carbocycles. The van der Waals surface area contributed by atoms with Crippen LogP contribution in [0.15, 0.2) is 59.3 Å². The smallest absolute Gasteiger partial charge is 0.313 e. The predicted octanol–water partition coefficient (Wildman–Crippen LogP) is 6.16. The first-order valence-corrected chi connectivity index (χ1v) is 8.88. The number of hydrogen-bond donors (Lipinski definition) is 0. The lowest BCUT2D eigenvalue weighted by molar-refractivity contribution is 0.0515. The van der Waals surface area contributed by atoms with Crippen molar-refractivity contribution in [2.75, 3.05) is 0 Å². The molecule has 5 heteroatoms. The molecule has 0 unspecified atom stereocenters. The molecule has 3 nitrogen and oxygen atoms in total. The highest BCUT2D eigenvalue weighted by Gasteiger charge is 2.16. The lowest BCUT2D eigenvalue weighted by Gasteiger charge is -2.16. The molecule has 1 saturated carbocycles. The van der Waals surface area contributed by atoms with Gasteiger partial charge in [-0.3, -0.25) is 0 Å². The summed E-state index contributed by atoms with van der Waals surface area (Å²) in [7, 11) is 0. The first-order chi connectivity index (χ1) is 12.1. The Bertz CT molecular complexity index is 829. The topological polar surface area (TPSA) is 38.7 Å². The van der Waals surface area contributed by atoms with Crippen molar-refractivity contribution in [1.29, 1.82) is 0 Å². The van der Waals surface area contributed by atoms with Crippen molar-refractivity contribution < 1.29 is 9.63 Å². The van der Waals surface area contributed by atoms with Crippen LogP contribution in [-0.2, 0) is 4.84 Å². The number of hydrogen-bond acceptors (Lipinski definition) is 3. The molecule has 0 bridgehead atoms. The normalized spacial score (nSPS) is 17.7. The Labute approximate surface area is 156 Å². The SMILES string of the molecule is O=C(O/N=C1/CCCC/C1=C\c1ccccc1)c1ccc(Cl)c(Cl)c1. The van der Waals surface area contributed by atoms with Crippen molar-refractivity contribution in [3.8, 4) is 0 Å². The van der Waals surface area contributed by atoms with Crippen molar-refractivity contribution in [2.24, 2.45) is 5.16 Å². The zero-order chi connectivity index (χ0) is 17.6. The van der Waals surface area contributed by atoms with E-state index in [9.17, 15) is 4.79 Å². The number of oxime groups is 1. The van der Waals surface area contributed by atoms with Gasteiger partial charge in [-0.05, 0) is 61.1 Å². The van der Waals surface area contributed by atoms with Gasteiger partial charge in [-0.1, -0.05) is 58.7 Å². The van der Waals surface area contributed by atoms with Crippen molar-refractivity contribution in [3.63, 3.8) is 0 Å². The zero-order valence-corrected chi connectivity index (χ0v) is 15.1. The molecule has 0 aromatic heterocycles. The Kier molecular flexibility index (Phi) is 5.90. The number of benzene rings is 2. The molecular weight excluding hydrogens is 357 g/mol. The van der Waals surface area contributed by atoms with Crippen molar-refractivity contribution >= 4 is 41.0 Å². The number of rotatable bonds is 3. The third kappa shape index (κ3) is 4.71. The molecule has 0 heterocycles. The maximum absolute atomic E-state index is 12.2. The van der Waals surface area contributed by atoms with Gasteiger partial charge in [0.15, 0.2) is 0 Å². The zero-order valence-electron chi connectivity index (χ0n) is 13.5. The second-order valence-corrected chi connectivity index (χ2v) is 6.65. The average molecular weight is 374 g/mol. The summed E-state index contributed by atoms with van der Waals surface area (Å²) in [4.78, 5) is 17.3. The second kappa shape index (κ2) is 8.32. The summed E-state index contributed by atoms with van der Waals surface area (Å²) >= 11 is 11.8. The molecule has 0 aliphatic heterocycles. The second-order valence-electron chi connectivity index (χ2n) is 5.83. The van der Waals surface area contributed by atoms with E-state index in [4.69, 9.17) is 28.0 Å². The number of allylic oxidation sites excluding steroid dienone is 1. The Morgan fingerprint density at radius 1 is 1.00 bits per heavy atom. The number of carbonyl (C=O) groups excluding carboxylic acids is 1. The van der Waals surface area contributed by atoms with Gasteiger partial charge in [-0.25, -0.2) is 4.79 Å². The van der Waals surface area contributed by atoms with Gasteiger partial charge in [0.2, 0.25) is 0 Å². The largest absolute Gasteiger partial charge is 0.365 e. The minimum absolute atomic E-state index is 0.311. The van der Waals surface area contributed by atoms with Gasteiger partial charge in [0.25, 0.3) is 0 Å². The van der Waals surface area contributed by atoms with Crippen LogP contribution in [0.25, 0.3) is 6.08 Å². The number of carbonyl (C=O) groups is 1. The van der Waals surface area contributed by atoms with Gasteiger partial charge >= 0.3 is 5.97 Å². The van der Waals surface area contributed by atoms with Crippen molar-refractivity contribution in [1.82, 2.24) is 0 Å². The van der Waals surface area contributed by atoms with E-state index in [1.54, 1.807) is 12.1 Å². The molecule has 1 aliphatic rings. The van der Waals surface area contributed by atoms with Gasteiger partial charge in [0.05, 0.1) is 21.3 Å². The first kappa shape index (κ1) is 17.7. The maximum atomic E-state index is 12.2. The molecule has 0 spiro atoms. The third-order valence-corrected chi connectivity index (χ3v) is 4.75.